The number of carbonyl (C=O) groups is 1. The molecule has 0 saturated carbocycles. The summed E-state index contributed by atoms with van der Waals surface area (Å²) in [5.74, 6) is 0.913. The van der Waals surface area contributed by atoms with Crippen LogP contribution in [-0.2, 0) is 11.2 Å². The highest BCUT2D eigenvalue weighted by Gasteiger charge is 2.34. The maximum atomic E-state index is 12.4. The lowest BCUT2D eigenvalue weighted by molar-refractivity contribution is -0.121. The van der Waals surface area contributed by atoms with E-state index < -0.39 is 0 Å². The lowest BCUT2D eigenvalue weighted by Crippen LogP contribution is -2.41. The van der Waals surface area contributed by atoms with E-state index in [0.717, 1.165) is 23.3 Å². The van der Waals surface area contributed by atoms with Crippen LogP contribution in [0.25, 0.3) is 0 Å². The van der Waals surface area contributed by atoms with Gasteiger partial charge < -0.3 is 10.1 Å². The molecule has 2 aromatic rings. The second kappa shape index (κ2) is 6.07. The molecule has 1 aliphatic rings. The SMILES string of the molecule is Cc1ccc(CC(=O)N[C@@H]2CC(C)(C)Oc3ccccc32)cc1. The molecule has 1 N–H and O–H groups in total. The van der Waals surface area contributed by atoms with Gasteiger partial charge in [0.1, 0.15) is 11.4 Å². The first kappa shape index (κ1) is 15.6. The van der Waals surface area contributed by atoms with Gasteiger partial charge in [-0.1, -0.05) is 48.0 Å². The number of ether oxygens (including phenoxy) is 1. The van der Waals surface area contributed by atoms with E-state index in [1.165, 1.54) is 5.56 Å². The van der Waals surface area contributed by atoms with E-state index in [0.29, 0.717) is 6.42 Å². The van der Waals surface area contributed by atoms with Crippen LogP contribution >= 0.6 is 0 Å². The summed E-state index contributed by atoms with van der Waals surface area (Å²) in [4.78, 5) is 12.4. The molecule has 2 aromatic carbocycles. The van der Waals surface area contributed by atoms with E-state index in [1.807, 2.05) is 55.5 Å². The van der Waals surface area contributed by atoms with Gasteiger partial charge in [0, 0.05) is 12.0 Å². The summed E-state index contributed by atoms with van der Waals surface area (Å²) in [5.41, 5.74) is 3.02. The third-order valence-electron chi connectivity index (χ3n) is 4.20. The van der Waals surface area contributed by atoms with Crippen molar-refractivity contribution in [2.75, 3.05) is 0 Å². The normalized spacial score (nSPS) is 18.7. The fourth-order valence-corrected chi connectivity index (χ4v) is 3.07. The summed E-state index contributed by atoms with van der Waals surface area (Å²) in [6.07, 6.45) is 1.17. The maximum Gasteiger partial charge on any atom is 0.224 e. The molecule has 0 radical (unpaired) electrons. The van der Waals surface area contributed by atoms with E-state index >= 15 is 0 Å². The molecule has 120 valence electrons. The van der Waals surface area contributed by atoms with Crippen molar-refractivity contribution in [2.45, 2.75) is 45.3 Å². The van der Waals surface area contributed by atoms with E-state index in [-0.39, 0.29) is 17.6 Å². The third kappa shape index (κ3) is 3.73. The van der Waals surface area contributed by atoms with E-state index in [9.17, 15) is 4.79 Å². The second-order valence-corrected chi connectivity index (χ2v) is 6.89. The van der Waals surface area contributed by atoms with Gasteiger partial charge in [0.15, 0.2) is 0 Å². The minimum atomic E-state index is -0.282. The number of aryl methyl sites for hydroxylation is 1. The fourth-order valence-electron chi connectivity index (χ4n) is 3.07. The van der Waals surface area contributed by atoms with Crippen LogP contribution in [0.1, 0.15) is 43.0 Å². The number of carbonyl (C=O) groups excluding carboxylic acids is 1. The molecule has 0 spiro atoms. The van der Waals surface area contributed by atoms with Gasteiger partial charge in [-0.15, -0.1) is 0 Å². The molecule has 0 aromatic heterocycles. The number of benzene rings is 2. The smallest absolute Gasteiger partial charge is 0.224 e. The predicted molar refractivity (Wildman–Crippen MR) is 91.5 cm³/mol. The summed E-state index contributed by atoms with van der Waals surface area (Å²) >= 11 is 0. The zero-order chi connectivity index (χ0) is 16.4. The highest BCUT2D eigenvalue weighted by Crippen LogP contribution is 2.39. The molecule has 0 aliphatic carbocycles. The summed E-state index contributed by atoms with van der Waals surface area (Å²) < 4.78 is 6.01. The first-order valence-electron chi connectivity index (χ1n) is 8.06. The lowest BCUT2D eigenvalue weighted by atomic mass is 9.89. The molecule has 0 saturated heterocycles. The van der Waals surface area contributed by atoms with E-state index in [4.69, 9.17) is 4.74 Å². The number of rotatable bonds is 3. The largest absolute Gasteiger partial charge is 0.487 e. The van der Waals surface area contributed by atoms with Crippen LogP contribution in [0.5, 0.6) is 5.75 Å². The molecular weight excluding hydrogens is 286 g/mol. The topological polar surface area (TPSA) is 38.3 Å². The Hall–Kier alpha value is -2.29. The van der Waals surface area contributed by atoms with Crippen LogP contribution in [0, 0.1) is 6.92 Å². The predicted octanol–water partition coefficient (Wildman–Crippen LogP) is 3.96. The van der Waals surface area contributed by atoms with Crippen molar-refractivity contribution in [3.63, 3.8) is 0 Å². The van der Waals surface area contributed by atoms with Crippen molar-refractivity contribution < 1.29 is 9.53 Å². The van der Waals surface area contributed by atoms with E-state index in [1.54, 1.807) is 0 Å². The number of para-hydroxylation sites is 1. The monoisotopic (exact) mass is 309 g/mol. The number of hydrogen-bond donors (Lipinski definition) is 1. The average molecular weight is 309 g/mol. The molecule has 1 atom stereocenters. The van der Waals surface area contributed by atoms with Gasteiger partial charge in [0.2, 0.25) is 5.91 Å². The minimum Gasteiger partial charge on any atom is -0.487 e. The fraction of sp³-hybridized carbons (Fsp3) is 0.350. The molecule has 3 nitrogen and oxygen atoms in total. The van der Waals surface area contributed by atoms with Crippen LogP contribution in [0.15, 0.2) is 48.5 Å². The molecule has 0 unspecified atom stereocenters. The summed E-state index contributed by atoms with van der Waals surface area (Å²) in [6, 6.07) is 16.0. The van der Waals surface area contributed by atoms with Gasteiger partial charge in [-0.25, -0.2) is 0 Å². The molecule has 23 heavy (non-hydrogen) atoms. The summed E-state index contributed by atoms with van der Waals surface area (Å²) in [6.45, 7) is 6.16. The van der Waals surface area contributed by atoms with Crippen molar-refractivity contribution in [2.24, 2.45) is 0 Å². The molecule has 3 heteroatoms. The first-order valence-corrected chi connectivity index (χ1v) is 8.06. The van der Waals surface area contributed by atoms with Gasteiger partial charge >= 0.3 is 0 Å². The Labute approximate surface area is 137 Å². The minimum absolute atomic E-state index is 0.00658. The Kier molecular flexibility index (Phi) is 4.12. The summed E-state index contributed by atoms with van der Waals surface area (Å²) in [5, 5.41) is 3.17. The van der Waals surface area contributed by atoms with Crippen LogP contribution in [0.4, 0.5) is 0 Å². The van der Waals surface area contributed by atoms with Gasteiger partial charge in [0.25, 0.3) is 0 Å². The standard InChI is InChI=1S/C20H23NO2/c1-14-8-10-15(11-9-14)12-19(22)21-17-13-20(2,3)23-18-7-5-4-6-16(17)18/h4-11,17H,12-13H2,1-3H3,(H,21,22)/t17-/m1/s1. The molecule has 1 amide bonds. The zero-order valence-electron chi connectivity index (χ0n) is 13.9. The maximum absolute atomic E-state index is 12.4. The molecule has 3 rings (SSSR count). The highest BCUT2D eigenvalue weighted by molar-refractivity contribution is 5.79. The average Bonchev–Trinajstić information content (AvgIpc) is 2.48. The Morgan fingerprint density at radius 1 is 1.17 bits per heavy atom. The molecule has 0 bridgehead atoms. The zero-order valence-corrected chi connectivity index (χ0v) is 13.9. The van der Waals surface area contributed by atoms with Gasteiger partial charge in [0.05, 0.1) is 12.5 Å². The molecule has 1 aliphatic heterocycles. The highest BCUT2D eigenvalue weighted by atomic mass is 16.5. The van der Waals surface area contributed by atoms with Gasteiger partial charge in [-0.05, 0) is 32.4 Å². The van der Waals surface area contributed by atoms with Crippen molar-refractivity contribution >= 4 is 5.91 Å². The molecular formula is C20H23NO2. The van der Waals surface area contributed by atoms with Gasteiger partial charge in [-0.2, -0.15) is 0 Å². The van der Waals surface area contributed by atoms with Crippen molar-refractivity contribution in [3.8, 4) is 5.75 Å². The lowest BCUT2D eigenvalue weighted by Gasteiger charge is -2.37. The second-order valence-electron chi connectivity index (χ2n) is 6.89. The van der Waals surface area contributed by atoms with Gasteiger partial charge in [-0.3, -0.25) is 4.79 Å². The first-order chi connectivity index (χ1) is 10.9. The summed E-state index contributed by atoms with van der Waals surface area (Å²) in [7, 11) is 0. The van der Waals surface area contributed by atoms with E-state index in [2.05, 4.69) is 19.2 Å². The molecule has 0 fully saturated rings. The number of hydrogen-bond acceptors (Lipinski definition) is 2. The Morgan fingerprint density at radius 2 is 1.87 bits per heavy atom. The Morgan fingerprint density at radius 3 is 2.61 bits per heavy atom. The number of fused-ring (bicyclic) bond motifs is 1. The van der Waals surface area contributed by atoms with Crippen molar-refractivity contribution in [1.82, 2.24) is 5.32 Å². The Bertz CT molecular complexity index is 704. The van der Waals surface area contributed by atoms with Crippen LogP contribution in [0.3, 0.4) is 0 Å². The van der Waals surface area contributed by atoms with Crippen LogP contribution in [0.2, 0.25) is 0 Å². The Balaban J connectivity index is 1.74. The number of nitrogens with one attached hydrogen (secondary N) is 1. The van der Waals surface area contributed by atoms with Crippen molar-refractivity contribution in [1.29, 1.82) is 0 Å². The third-order valence-corrected chi connectivity index (χ3v) is 4.20. The van der Waals surface area contributed by atoms with Crippen LogP contribution in [-0.4, -0.2) is 11.5 Å². The number of amides is 1. The quantitative estimate of drug-likeness (QED) is 0.932. The molecule has 1 heterocycles. The van der Waals surface area contributed by atoms with Crippen molar-refractivity contribution in [3.05, 3.63) is 65.2 Å². The van der Waals surface area contributed by atoms with Crippen LogP contribution < -0.4 is 10.1 Å².